The summed E-state index contributed by atoms with van der Waals surface area (Å²) in [5, 5.41) is 7.48. The van der Waals surface area contributed by atoms with Crippen LogP contribution >= 0.6 is 23.2 Å². The van der Waals surface area contributed by atoms with Crippen LogP contribution in [0.15, 0.2) is 53.1 Å². The first-order valence-electron chi connectivity index (χ1n) is 6.84. The number of aromatic nitrogens is 1. The van der Waals surface area contributed by atoms with Gasteiger partial charge >= 0.3 is 0 Å². The van der Waals surface area contributed by atoms with Gasteiger partial charge in [-0.1, -0.05) is 58.7 Å². The van der Waals surface area contributed by atoms with Gasteiger partial charge in [-0.25, -0.2) is 0 Å². The molecule has 0 saturated carbocycles. The number of amides is 1. The van der Waals surface area contributed by atoms with Gasteiger partial charge in [0, 0.05) is 11.3 Å². The van der Waals surface area contributed by atoms with Crippen molar-refractivity contribution in [2.24, 2.45) is 0 Å². The molecule has 2 aromatic carbocycles. The topological polar surface area (TPSA) is 55.1 Å². The highest BCUT2D eigenvalue weighted by Crippen LogP contribution is 2.28. The maximum Gasteiger partial charge on any atom is 0.261 e. The summed E-state index contributed by atoms with van der Waals surface area (Å²) < 4.78 is 5.33. The van der Waals surface area contributed by atoms with E-state index in [9.17, 15) is 4.79 Å². The van der Waals surface area contributed by atoms with Gasteiger partial charge in [0.15, 0.2) is 5.76 Å². The molecule has 1 amide bonds. The molecule has 3 rings (SSSR count). The molecule has 0 fully saturated rings. The molecule has 0 atom stereocenters. The van der Waals surface area contributed by atoms with Crippen molar-refractivity contribution in [1.82, 2.24) is 5.16 Å². The Morgan fingerprint density at radius 1 is 1.09 bits per heavy atom. The van der Waals surface area contributed by atoms with Crippen LogP contribution in [0, 0.1) is 6.92 Å². The van der Waals surface area contributed by atoms with E-state index in [1.165, 1.54) is 0 Å². The van der Waals surface area contributed by atoms with Crippen LogP contribution in [0.5, 0.6) is 0 Å². The van der Waals surface area contributed by atoms with Crippen LogP contribution in [-0.4, -0.2) is 11.1 Å². The molecule has 6 heteroatoms. The minimum Gasteiger partial charge on any atom is -0.355 e. The maximum absolute atomic E-state index is 12.6. The number of rotatable bonds is 3. The van der Waals surface area contributed by atoms with Gasteiger partial charge in [-0.15, -0.1) is 0 Å². The summed E-state index contributed by atoms with van der Waals surface area (Å²) in [6, 6.07) is 14.2. The summed E-state index contributed by atoms with van der Waals surface area (Å²) in [6.07, 6.45) is 0. The molecular formula is C17H12Cl2N2O2. The van der Waals surface area contributed by atoms with Gasteiger partial charge in [-0.3, -0.25) is 4.79 Å². The van der Waals surface area contributed by atoms with Crippen molar-refractivity contribution in [1.29, 1.82) is 0 Å². The lowest BCUT2D eigenvalue weighted by Gasteiger charge is -2.07. The molecule has 0 aliphatic heterocycles. The molecule has 0 aliphatic carbocycles. The second kappa shape index (κ2) is 6.44. The van der Waals surface area contributed by atoms with Crippen molar-refractivity contribution in [3.8, 4) is 11.3 Å². The van der Waals surface area contributed by atoms with E-state index in [1.54, 1.807) is 25.1 Å². The lowest BCUT2D eigenvalue weighted by Crippen LogP contribution is -2.13. The second-order valence-corrected chi connectivity index (χ2v) is 5.74. The molecule has 1 heterocycles. The highest BCUT2D eigenvalue weighted by atomic mass is 35.5. The predicted octanol–water partition coefficient (Wildman–Crippen LogP) is 5.21. The fourth-order valence-corrected chi connectivity index (χ4v) is 2.49. The molecule has 0 saturated heterocycles. The van der Waals surface area contributed by atoms with E-state index in [0.717, 1.165) is 5.56 Å². The van der Waals surface area contributed by atoms with Crippen LogP contribution in [0.2, 0.25) is 10.0 Å². The molecular weight excluding hydrogens is 335 g/mol. The number of carbonyl (C=O) groups is 1. The Morgan fingerprint density at radius 3 is 2.52 bits per heavy atom. The van der Waals surface area contributed by atoms with Gasteiger partial charge in [-0.2, -0.15) is 0 Å². The van der Waals surface area contributed by atoms with Crippen LogP contribution in [0.3, 0.4) is 0 Å². The summed E-state index contributed by atoms with van der Waals surface area (Å²) in [5.74, 6) is 0.113. The monoisotopic (exact) mass is 346 g/mol. The second-order valence-electron chi connectivity index (χ2n) is 4.92. The molecule has 1 N–H and O–H groups in total. The SMILES string of the molecule is Cc1noc(-c2ccccc2)c1C(=O)Nc1ccc(Cl)c(Cl)c1. The number of nitrogens with zero attached hydrogens (tertiary/aromatic N) is 1. The Hall–Kier alpha value is -2.30. The van der Waals surface area contributed by atoms with Gasteiger partial charge < -0.3 is 9.84 Å². The van der Waals surface area contributed by atoms with Crippen LogP contribution in [0.4, 0.5) is 5.69 Å². The third-order valence-corrected chi connectivity index (χ3v) is 4.04. The number of hydrogen-bond donors (Lipinski definition) is 1. The first-order chi connectivity index (χ1) is 11.1. The average Bonchev–Trinajstić information content (AvgIpc) is 2.93. The maximum atomic E-state index is 12.6. The Kier molecular flexibility index (Phi) is 4.37. The molecule has 1 aromatic heterocycles. The Morgan fingerprint density at radius 2 is 1.83 bits per heavy atom. The highest BCUT2D eigenvalue weighted by molar-refractivity contribution is 6.42. The smallest absolute Gasteiger partial charge is 0.261 e. The zero-order valence-electron chi connectivity index (χ0n) is 12.1. The van der Waals surface area contributed by atoms with E-state index in [-0.39, 0.29) is 5.91 Å². The van der Waals surface area contributed by atoms with Gasteiger partial charge in [0.2, 0.25) is 0 Å². The molecule has 0 bridgehead atoms. The average molecular weight is 347 g/mol. The van der Waals surface area contributed by atoms with Gasteiger partial charge in [0.25, 0.3) is 5.91 Å². The molecule has 0 unspecified atom stereocenters. The van der Waals surface area contributed by atoms with Gasteiger partial charge in [0.1, 0.15) is 5.56 Å². The Balaban J connectivity index is 1.94. The van der Waals surface area contributed by atoms with E-state index in [2.05, 4.69) is 10.5 Å². The Bertz CT molecular complexity index is 860. The van der Waals surface area contributed by atoms with Crippen LogP contribution in [0.25, 0.3) is 11.3 Å². The zero-order valence-corrected chi connectivity index (χ0v) is 13.7. The number of aryl methyl sites for hydroxylation is 1. The van der Waals surface area contributed by atoms with E-state index in [4.69, 9.17) is 27.7 Å². The molecule has 0 aliphatic rings. The van der Waals surface area contributed by atoms with Crippen molar-refractivity contribution in [3.63, 3.8) is 0 Å². The summed E-state index contributed by atoms with van der Waals surface area (Å²) >= 11 is 11.8. The molecule has 0 radical (unpaired) electrons. The van der Waals surface area contributed by atoms with Crippen LogP contribution in [0.1, 0.15) is 16.1 Å². The molecule has 4 nitrogen and oxygen atoms in total. The number of anilines is 1. The minimum atomic E-state index is -0.319. The molecule has 116 valence electrons. The van der Waals surface area contributed by atoms with E-state index < -0.39 is 0 Å². The van der Waals surface area contributed by atoms with Gasteiger partial charge in [-0.05, 0) is 25.1 Å². The lowest BCUT2D eigenvalue weighted by molar-refractivity contribution is 0.102. The molecule has 23 heavy (non-hydrogen) atoms. The number of carbonyl (C=O) groups excluding carboxylic acids is 1. The van der Waals surface area contributed by atoms with Crippen molar-refractivity contribution >= 4 is 34.8 Å². The minimum absolute atomic E-state index is 0.319. The van der Waals surface area contributed by atoms with Crippen molar-refractivity contribution in [2.45, 2.75) is 6.92 Å². The van der Waals surface area contributed by atoms with Crippen LogP contribution < -0.4 is 5.32 Å². The van der Waals surface area contributed by atoms with Crippen molar-refractivity contribution in [3.05, 3.63) is 69.8 Å². The normalized spacial score (nSPS) is 10.6. The zero-order chi connectivity index (χ0) is 16.4. The number of hydrogen-bond acceptors (Lipinski definition) is 3. The molecule has 3 aromatic rings. The van der Waals surface area contributed by atoms with Crippen LogP contribution in [-0.2, 0) is 0 Å². The highest BCUT2D eigenvalue weighted by Gasteiger charge is 2.21. The first kappa shape index (κ1) is 15.6. The van der Waals surface area contributed by atoms with Crippen molar-refractivity contribution < 1.29 is 9.32 Å². The quantitative estimate of drug-likeness (QED) is 0.708. The number of benzene rings is 2. The van der Waals surface area contributed by atoms with Crippen molar-refractivity contribution in [2.75, 3.05) is 5.32 Å². The first-order valence-corrected chi connectivity index (χ1v) is 7.60. The third-order valence-electron chi connectivity index (χ3n) is 3.30. The largest absolute Gasteiger partial charge is 0.355 e. The standard InChI is InChI=1S/C17H12Cl2N2O2/c1-10-15(16(23-21-10)11-5-3-2-4-6-11)17(22)20-12-7-8-13(18)14(19)9-12/h2-9H,1H3,(H,20,22). The third kappa shape index (κ3) is 3.23. The number of nitrogens with one attached hydrogen (secondary N) is 1. The molecule has 0 spiro atoms. The van der Waals surface area contributed by atoms with E-state index in [0.29, 0.717) is 32.8 Å². The lowest BCUT2D eigenvalue weighted by atomic mass is 10.1. The Labute approximate surface area is 143 Å². The fraction of sp³-hybridized carbons (Fsp3) is 0.0588. The predicted molar refractivity (Wildman–Crippen MR) is 91.1 cm³/mol. The fourth-order valence-electron chi connectivity index (χ4n) is 2.19. The summed E-state index contributed by atoms with van der Waals surface area (Å²) in [4.78, 5) is 12.6. The summed E-state index contributed by atoms with van der Waals surface area (Å²) in [6.45, 7) is 1.72. The van der Waals surface area contributed by atoms with E-state index in [1.807, 2.05) is 30.3 Å². The summed E-state index contributed by atoms with van der Waals surface area (Å²) in [7, 11) is 0. The summed E-state index contributed by atoms with van der Waals surface area (Å²) in [5.41, 5.74) is 2.24. The van der Waals surface area contributed by atoms with Gasteiger partial charge in [0.05, 0.1) is 15.7 Å². The number of halogens is 2. The van der Waals surface area contributed by atoms with E-state index >= 15 is 0 Å².